The number of nitrogens with one attached hydrogen (secondary N) is 2. The maximum absolute atomic E-state index is 12.4. The predicted octanol–water partition coefficient (Wildman–Crippen LogP) is 2.21. The summed E-state index contributed by atoms with van der Waals surface area (Å²) in [5.74, 6) is -1.47. The van der Waals surface area contributed by atoms with Crippen molar-refractivity contribution in [1.82, 2.24) is 10.6 Å². The summed E-state index contributed by atoms with van der Waals surface area (Å²) in [6.45, 7) is 5.63. The second kappa shape index (κ2) is 9.61. The SMILES string of the molecule is CCNC(=O)NC(=O)COC(=O)[C@@H](c1ccccc1)[C@H](C)CC. The van der Waals surface area contributed by atoms with Crippen molar-refractivity contribution in [3.05, 3.63) is 35.9 Å². The Bertz CT molecular complexity index is 531. The maximum Gasteiger partial charge on any atom is 0.321 e. The first kappa shape index (κ1) is 18.7. The van der Waals surface area contributed by atoms with Crippen molar-refractivity contribution in [2.45, 2.75) is 33.1 Å². The molecule has 1 aromatic rings. The highest BCUT2D eigenvalue weighted by Gasteiger charge is 2.27. The quantitative estimate of drug-likeness (QED) is 0.754. The average molecular weight is 320 g/mol. The van der Waals surface area contributed by atoms with E-state index in [-0.39, 0.29) is 5.92 Å². The van der Waals surface area contributed by atoms with E-state index in [4.69, 9.17) is 4.74 Å². The third-order valence-electron chi connectivity index (χ3n) is 3.56. The van der Waals surface area contributed by atoms with Crippen LogP contribution in [0.5, 0.6) is 0 Å². The molecule has 0 aliphatic rings. The number of ether oxygens (including phenoxy) is 1. The normalized spacial score (nSPS) is 12.8. The number of benzene rings is 1. The molecule has 0 radical (unpaired) electrons. The number of imide groups is 1. The van der Waals surface area contributed by atoms with Crippen molar-refractivity contribution in [3.63, 3.8) is 0 Å². The molecule has 0 saturated carbocycles. The van der Waals surface area contributed by atoms with Gasteiger partial charge in [0.15, 0.2) is 6.61 Å². The standard InChI is InChI=1S/C17H24N2O4/c1-4-12(3)15(13-9-7-6-8-10-13)16(21)23-11-14(20)19-17(22)18-5-2/h6-10,12,15H,4-5,11H2,1-3H3,(H2,18,19,20,22)/t12-,15-/m1/s1. The van der Waals surface area contributed by atoms with Gasteiger partial charge in [0.25, 0.3) is 5.91 Å². The van der Waals surface area contributed by atoms with Crippen molar-refractivity contribution in [3.8, 4) is 0 Å². The molecule has 0 saturated heterocycles. The van der Waals surface area contributed by atoms with Crippen molar-refractivity contribution < 1.29 is 19.1 Å². The molecule has 0 aliphatic carbocycles. The first-order chi connectivity index (χ1) is 11.0. The summed E-state index contributed by atoms with van der Waals surface area (Å²) in [6.07, 6.45) is 0.805. The molecule has 6 nitrogen and oxygen atoms in total. The second-order valence-electron chi connectivity index (χ2n) is 5.29. The Balaban J connectivity index is 2.65. The van der Waals surface area contributed by atoms with Crippen LogP contribution >= 0.6 is 0 Å². The van der Waals surface area contributed by atoms with Crippen LogP contribution in [0.15, 0.2) is 30.3 Å². The number of amides is 3. The molecule has 2 N–H and O–H groups in total. The molecule has 0 bridgehead atoms. The first-order valence-electron chi connectivity index (χ1n) is 7.78. The van der Waals surface area contributed by atoms with E-state index in [0.717, 1.165) is 12.0 Å². The topological polar surface area (TPSA) is 84.5 Å². The minimum Gasteiger partial charge on any atom is -0.455 e. The third-order valence-corrected chi connectivity index (χ3v) is 3.56. The van der Waals surface area contributed by atoms with Crippen molar-refractivity contribution in [2.75, 3.05) is 13.2 Å². The Hall–Kier alpha value is -2.37. The molecule has 0 heterocycles. The van der Waals surface area contributed by atoms with Gasteiger partial charge in [0.05, 0.1) is 5.92 Å². The molecule has 0 aliphatic heterocycles. The van der Waals surface area contributed by atoms with E-state index in [1.807, 2.05) is 44.2 Å². The molecule has 0 unspecified atom stereocenters. The van der Waals surface area contributed by atoms with E-state index in [2.05, 4.69) is 10.6 Å². The van der Waals surface area contributed by atoms with E-state index >= 15 is 0 Å². The second-order valence-corrected chi connectivity index (χ2v) is 5.29. The summed E-state index contributed by atoms with van der Waals surface area (Å²) in [4.78, 5) is 35.2. The van der Waals surface area contributed by atoms with Gasteiger partial charge in [-0.25, -0.2) is 4.79 Å². The van der Waals surface area contributed by atoms with Gasteiger partial charge in [-0.05, 0) is 18.4 Å². The molecule has 0 spiro atoms. The van der Waals surface area contributed by atoms with Gasteiger partial charge in [-0.1, -0.05) is 50.6 Å². The van der Waals surface area contributed by atoms with Crippen LogP contribution in [0.1, 0.15) is 38.7 Å². The van der Waals surface area contributed by atoms with Crippen molar-refractivity contribution in [1.29, 1.82) is 0 Å². The number of urea groups is 1. The van der Waals surface area contributed by atoms with Crippen LogP contribution in [0.3, 0.4) is 0 Å². The fraction of sp³-hybridized carbons (Fsp3) is 0.471. The van der Waals surface area contributed by atoms with Crippen LogP contribution < -0.4 is 10.6 Å². The molecule has 1 aromatic carbocycles. The fourth-order valence-electron chi connectivity index (χ4n) is 2.19. The summed E-state index contributed by atoms with van der Waals surface area (Å²) in [5.41, 5.74) is 0.857. The Kier molecular flexibility index (Phi) is 7.80. The van der Waals surface area contributed by atoms with Crippen molar-refractivity contribution in [2.24, 2.45) is 5.92 Å². The molecule has 6 heteroatoms. The Morgan fingerprint density at radius 2 is 1.78 bits per heavy atom. The molecule has 126 valence electrons. The zero-order valence-corrected chi connectivity index (χ0v) is 13.8. The van der Waals surface area contributed by atoms with E-state index in [0.29, 0.717) is 6.54 Å². The predicted molar refractivity (Wildman–Crippen MR) is 86.8 cm³/mol. The van der Waals surface area contributed by atoms with Gasteiger partial charge in [-0.3, -0.25) is 14.9 Å². The van der Waals surface area contributed by atoms with E-state index in [9.17, 15) is 14.4 Å². The monoisotopic (exact) mass is 320 g/mol. The molecule has 1 rings (SSSR count). The summed E-state index contributed by atoms with van der Waals surface area (Å²) in [7, 11) is 0. The van der Waals surface area contributed by atoms with Crippen LogP contribution in [-0.4, -0.2) is 31.1 Å². The molecule has 0 fully saturated rings. The molecular weight excluding hydrogens is 296 g/mol. The van der Waals surface area contributed by atoms with Crippen LogP contribution in [0.2, 0.25) is 0 Å². The number of carbonyl (C=O) groups excluding carboxylic acids is 3. The van der Waals surface area contributed by atoms with Gasteiger partial charge >= 0.3 is 12.0 Å². The molecule has 0 aromatic heterocycles. The summed E-state index contributed by atoms with van der Waals surface area (Å²) in [5, 5.41) is 4.52. The Morgan fingerprint density at radius 1 is 1.13 bits per heavy atom. The largest absolute Gasteiger partial charge is 0.455 e. The van der Waals surface area contributed by atoms with Gasteiger partial charge in [-0.15, -0.1) is 0 Å². The molecule has 2 atom stereocenters. The Morgan fingerprint density at radius 3 is 2.35 bits per heavy atom. The van der Waals surface area contributed by atoms with E-state index < -0.39 is 30.4 Å². The van der Waals surface area contributed by atoms with Gasteiger partial charge in [-0.2, -0.15) is 0 Å². The lowest BCUT2D eigenvalue weighted by Crippen LogP contribution is -2.41. The van der Waals surface area contributed by atoms with Gasteiger partial charge in [0, 0.05) is 6.54 Å². The van der Waals surface area contributed by atoms with E-state index in [1.165, 1.54) is 0 Å². The zero-order chi connectivity index (χ0) is 17.2. The van der Waals surface area contributed by atoms with Gasteiger partial charge < -0.3 is 10.1 Å². The molecular formula is C17H24N2O4. The molecule has 3 amide bonds. The van der Waals surface area contributed by atoms with Crippen LogP contribution in [-0.2, 0) is 14.3 Å². The smallest absolute Gasteiger partial charge is 0.321 e. The number of esters is 1. The molecule has 23 heavy (non-hydrogen) atoms. The Labute approximate surface area is 136 Å². The number of hydrogen-bond donors (Lipinski definition) is 2. The van der Waals surface area contributed by atoms with Gasteiger partial charge in [0.2, 0.25) is 0 Å². The summed E-state index contributed by atoms with van der Waals surface area (Å²) in [6, 6.07) is 8.73. The highest BCUT2D eigenvalue weighted by atomic mass is 16.5. The third kappa shape index (κ3) is 6.10. The number of hydrogen-bond acceptors (Lipinski definition) is 4. The lowest BCUT2D eigenvalue weighted by atomic mass is 9.86. The first-order valence-corrected chi connectivity index (χ1v) is 7.78. The zero-order valence-electron chi connectivity index (χ0n) is 13.8. The fourth-order valence-corrected chi connectivity index (χ4v) is 2.19. The minimum absolute atomic E-state index is 0.0800. The van der Waals surface area contributed by atoms with Crippen LogP contribution in [0.4, 0.5) is 4.79 Å². The van der Waals surface area contributed by atoms with E-state index in [1.54, 1.807) is 6.92 Å². The highest BCUT2D eigenvalue weighted by Crippen LogP contribution is 2.28. The van der Waals surface area contributed by atoms with Crippen molar-refractivity contribution >= 4 is 17.9 Å². The lowest BCUT2D eigenvalue weighted by Gasteiger charge is -2.21. The number of rotatable bonds is 7. The average Bonchev–Trinajstić information content (AvgIpc) is 2.54. The minimum atomic E-state index is -0.653. The van der Waals surface area contributed by atoms with Gasteiger partial charge in [0.1, 0.15) is 0 Å². The van der Waals surface area contributed by atoms with Crippen LogP contribution in [0.25, 0.3) is 0 Å². The number of carbonyl (C=O) groups is 3. The lowest BCUT2D eigenvalue weighted by molar-refractivity contribution is -0.151. The highest BCUT2D eigenvalue weighted by molar-refractivity contribution is 5.95. The van der Waals surface area contributed by atoms with Crippen LogP contribution in [0, 0.1) is 5.92 Å². The summed E-state index contributed by atoms with van der Waals surface area (Å²) < 4.78 is 5.09. The summed E-state index contributed by atoms with van der Waals surface area (Å²) >= 11 is 0. The maximum atomic E-state index is 12.4.